The summed E-state index contributed by atoms with van der Waals surface area (Å²) in [6, 6.07) is 6.44. The largest absolute Gasteiger partial charge is 0.385 e. The van der Waals surface area contributed by atoms with Gasteiger partial charge >= 0.3 is 0 Å². The number of aryl methyl sites for hydroxylation is 2. The summed E-state index contributed by atoms with van der Waals surface area (Å²) < 4.78 is 0. The van der Waals surface area contributed by atoms with Gasteiger partial charge in [-0.3, -0.25) is 0 Å². The van der Waals surface area contributed by atoms with Crippen LogP contribution in [0.1, 0.15) is 17.5 Å². The van der Waals surface area contributed by atoms with E-state index >= 15 is 0 Å². The Morgan fingerprint density at radius 2 is 2.08 bits per heavy atom. The molecule has 0 heterocycles. The van der Waals surface area contributed by atoms with Gasteiger partial charge in [-0.2, -0.15) is 0 Å². The van der Waals surface area contributed by atoms with Crippen molar-refractivity contribution in [2.45, 2.75) is 20.3 Å². The molecule has 1 N–H and O–H groups in total. The van der Waals surface area contributed by atoms with Gasteiger partial charge in [0, 0.05) is 12.2 Å². The topological polar surface area (TPSA) is 12.0 Å². The highest BCUT2D eigenvalue weighted by Crippen LogP contribution is 2.13. The smallest absolute Gasteiger partial charge is 0.0343 e. The second kappa shape index (κ2) is 4.70. The van der Waals surface area contributed by atoms with Crippen LogP contribution in [0.2, 0.25) is 0 Å². The van der Waals surface area contributed by atoms with Crippen molar-refractivity contribution < 1.29 is 0 Å². The fourth-order valence-corrected chi connectivity index (χ4v) is 1.17. The minimum Gasteiger partial charge on any atom is -0.385 e. The summed E-state index contributed by atoms with van der Waals surface area (Å²) in [5.74, 6) is 0. The van der Waals surface area contributed by atoms with Crippen LogP contribution >= 0.6 is 0 Å². The average molecular weight is 175 g/mol. The molecule has 0 atom stereocenters. The highest BCUT2D eigenvalue weighted by molar-refractivity contribution is 5.47. The van der Waals surface area contributed by atoms with Crippen LogP contribution in [0.25, 0.3) is 0 Å². The summed E-state index contributed by atoms with van der Waals surface area (Å²) in [6.07, 6.45) is 2.93. The molecule has 0 unspecified atom stereocenters. The second-order valence-electron chi connectivity index (χ2n) is 3.30. The summed E-state index contributed by atoms with van der Waals surface area (Å²) in [6.45, 7) is 8.91. The molecule has 1 aromatic rings. The van der Waals surface area contributed by atoms with Crippen molar-refractivity contribution in [3.8, 4) is 0 Å². The third kappa shape index (κ3) is 2.94. The third-order valence-electron chi connectivity index (χ3n) is 2.18. The number of anilines is 1. The highest BCUT2D eigenvalue weighted by atomic mass is 14.9. The van der Waals surface area contributed by atoms with E-state index in [1.807, 2.05) is 6.08 Å². The van der Waals surface area contributed by atoms with E-state index in [0.29, 0.717) is 0 Å². The predicted octanol–water partition coefficient (Wildman–Crippen LogP) is 3.29. The number of hydrogen-bond donors (Lipinski definition) is 1. The Labute approximate surface area is 80.5 Å². The molecule has 0 saturated heterocycles. The summed E-state index contributed by atoms with van der Waals surface area (Å²) >= 11 is 0. The lowest BCUT2D eigenvalue weighted by Crippen LogP contribution is -2.00. The van der Waals surface area contributed by atoms with E-state index in [4.69, 9.17) is 0 Å². The average Bonchev–Trinajstić information content (AvgIpc) is 2.12. The Hall–Kier alpha value is -1.24. The molecule has 1 rings (SSSR count). The van der Waals surface area contributed by atoms with Gasteiger partial charge in [0.2, 0.25) is 0 Å². The Bertz CT molecular complexity index is 289. The minimum absolute atomic E-state index is 0.964. The lowest BCUT2D eigenvalue weighted by molar-refractivity contribution is 1.07. The molecule has 0 fully saturated rings. The maximum atomic E-state index is 3.68. The number of hydrogen-bond acceptors (Lipinski definition) is 1. The molecule has 13 heavy (non-hydrogen) atoms. The molecule has 0 amide bonds. The zero-order valence-corrected chi connectivity index (χ0v) is 8.43. The minimum atomic E-state index is 0.964. The fourth-order valence-electron chi connectivity index (χ4n) is 1.17. The number of rotatable bonds is 4. The van der Waals surface area contributed by atoms with Crippen LogP contribution < -0.4 is 5.32 Å². The van der Waals surface area contributed by atoms with E-state index in [1.54, 1.807) is 0 Å². The molecule has 0 radical (unpaired) electrons. The first-order valence-electron chi connectivity index (χ1n) is 4.66. The van der Waals surface area contributed by atoms with Gasteiger partial charge in [0.15, 0.2) is 0 Å². The fraction of sp³-hybridized carbons (Fsp3) is 0.333. The maximum Gasteiger partial charge on any atom is 0.0343 e. The Balaban J connectivity index is 2.57. The molecule has 0 aromatic heterocycles. The highest BCUT2D eigenvalue weighted by Gasteiger charge is 1.94. The van der Waals surface area contributed by atoms with Crippen molar-refractivity contribution in [2.24, 2.45) is 0 Å². The lowest BCUT2D eigenvalue weighted by atomic mass is 10.1. The zero-order valence-electron chi connectivity index (χ0n) is 8.43. The quantitative estimate of drug-likeness (QED) is 0.547. The van der Waals surface area contributed by atoms with Gasteiger partial charge in [-0.25, -0.2) is 0 Å². The maximum absolute atomic E-state index is 3.68. The van der Waals surface area contributed by atoms with Gasteiger partial charge in [0.05, 0.1) is 0 Å². The van der Waals surface area contributed by atoms with Crippen molar-refractivity contribution >= 4 is 5.69 Å². The molecule has 0 bridgehead atoms. The first-order chi connectivity index (χ1) is 6.24. The number of nitrogens with one attached hydrogen (secondary N) is 1. The van der Waals surface area contributed by atoms with E-state index in [1.165, 1.54) is 16.8 Å². The van der Waals surface area contributed by atoms with Crippen LogP contribution in [0.4, 0.5) is 5.69 Å². The number of benzene rings is 1. The van der Waals surface area contributed by atoms with Crippen LogP contribution in [-0.2, 0) is 0 Å². The normalized spacial score (nSPS) is 9.69. The van der Waals surface area contributed by atoms with Crippen LogP contribution in [0.3, 0.4) is 0 Å². The van der Waals surface area contributed by atoms with Gasteiger partial charge in [0.1, 0.15) is 0 Å². The lowest BCUT2D eigenvalue weighted by Gasteiger charge is -2.07. The van der Waals surface area contributed by atoms with Gasteiger partial charge in [-0.1, -0.05) is 12.1 Å². The van der Waals surface area contributed by atoms with Crippen molar-refractivity contribution in [1.29, 1.82) is 0 Å². The molecular weight excluding hydrogens is 158 g/mol. The van der Waals surface area contributed by atoms with E-state index in [0.717, 1.165) is 13.0 Å². The Morgan fingerprint density at radius 1 is 1.31 bits per heavy atom. The molecule has 0 spiro atoms. The van der Waals surface area contributed by atoms with Gasteiger partial charge in [-0.05, 0) is 43.5 Å². The molecule has 0 aliphatic heterocycles. The molecule has 1 aromatic carbocycles. The SMILES string of the molecule is C=CCCNc1ccc(C)c(C)c1. The van der Waals surface area contributed by atoms with E-state index in [9.17, 15) is 0 Å². The summed E-state index contributed by atoms with van der Waals surface area (Å²) in [5, 5.41) is 3.34. The zero-order chi connectivity index (χ0) is 9.68. The van der Waals surface area contributed by atoms with Crippen molar-refractivity contribution in [1.82, 2.24) is 0 Å². The first kappa shape index (κ1) is 9.85. The standard InChI is InChI=1S/C12H17N/c1-4-5-8-13-12-7-6-10(2)11(3)9-12/h4,6-7,9,13H,1,5,8H2,2-3H3. The molecule has 0 aliphatic rings. The molecule has 0 aliphatic carbocycles. The van der Waals surface area contributed by atoms with Crippen LogP contribution in [0, 0.1) is 13.8 Å². The second-order valence-corrected chi connectivity index (χ2v) is 3.30. The molecular formula is C12H17N. The molecule has 1 nitrogen and oxygen atoms in total. The van der Waals surface area contributed by atoms with E-state index in [2.05, 4.69) is 43.9 Å². The van der Waals surface area contributed by atoms with Gasteiger partial charge < -0.3 is 5.32 Å². The van der Waals surface area contributed by atoms with Crippen LogP contribution in [0.5, 0.6) is 0 Å². The summed E-state index contributed by atoms with van der Waals surface area (Å²) in [4.78, 5) is 0. The van der Waals surface area contributed by atoms with Crippen LogP contribution in [-0.4, -0.2) is 6.54 Å². The molecule has 70 valence electrons. The monoisotopic (exact) mass is 175 g/mol. The predicted molar refractivity (Wildman–Crippen MR) is 59.2 cm³/mol. The van der Waals surface area contributed by atoms with Gasteiger partial charge in [-0.15, -0.1) is 6.58 Å². The van der Waals surface area contributed by atoms with E-state index < -0.39 is 0 Å². The third-order valence-corrected chi connectivity index (χ3v) is 2.18. The van der Waals surface area contributed by atoms with Crippen molar-refractivity contribution in [3.05, 3.63) is 42.0 Å². The molecule has 1 heteroatoms. The Morgan fingerprint density at radius 3 is 2.69 bits per heavy atom. The first-order valence-corrected chi connectivity index (χ1v) is 4.66. The van der Waals surface area contributed by atoms with Gasteiger partial charge in [0.25, 0.3) is 0 Å². The van der Waals surface area contributed by atoms with Crippen molar-refractivity contribution in [2.75, 3.05) is 11.9 Å². The summed E-state index contributed by atoms with van der Waals surface area (Å²) in [7, 11) is 0. The van der Waals surface area contributed by atoms with Crippen LogP contribution in [0.15, 0.2) is 30.9 Å². The summed E-state index contributed by atoms with van der Waals surface area (Å²) in [5.41, 5.74) is 3.88. The van der Waals surface area contributed by atoms with E-state index in [-0.39, 0.29) is 0 Å². The Kier molecular flexibility index (Phi) is 3.56. The van der Waals surface area contributed by atoms with Crippen molar-refractivity contribution in [3.63, 3.8) is 0 Å². The molecule has 0 saturated carbocycles.